The maximum Gasteiger partial charge on any atom is 0.424 e. The molecule has 0 saturated heterocycles. The second kappa shape index (κ2) is 11.6. The molecule has 3 aromatic rings. The third kappa shape index (κ3) is 5.78. The number of nitrogens with two attached hydrogens (primary N) is 1. The molecule has 2 aromatic carbocycles. The Morgan fingerprint density at radius 3 is 2.31 bits per heavy atom. The molecular weight excluding hydrogens is 566 g/mol. The first-order valence-electron chi connectivity index (χ1n) is 12.6. The number of benzene rings is 2. The van der Waals surface area contributed by atoms with Gasteiger partial charge in [0, 0.05) is 16.7 Å². The molecule has 1 aliphatic heterocycles. The molecule has 1 amide bonds. The molecule has 14 heteroatoms. The van der Waals surface area contributed by atoms with Crippen LogP contribution in [0.25, 0.3) is 11.3 Å². The highest BCUT2D eigenvalue weighted by Gasteiger charge is 2.57. The van der Waals surface area contributed by atoms with Gasteiger partial charge in [-0.2, -0.15) is 13.2 Å². The van der Waals surface area contributed by atoms with Gasteiger partial charge in [0.15, 0.2) is 17.2 Å². The van der Waals surface area contributed by atoms with E-state index in [0.29, 0.717) is 0 Å². The Morgan fingerprint density at radius 2 is 1.76 bits per heavy atom. The Bertz CT molecular complexity index is 1440. The van der Waals surface area contributed by atoms with Gasteiger partial charge in [0.1, 0.15) is 24.7 Å². The molecule has 0 unspecified atom stereocenters. The fourth-order valence-corrected chi connectivity index (χ4v) is 4.37. The Kier molecular flexibility index (Phi) is 8.53. The first-order valence-corrected chi connectivity index (χ1v) is 12.6. The smallest absolute Gasteiger partial charge is 0.424 e. The van der Waals surface area contributed by atoms with Crippen LogP contribution in [0.3, 0.4) is 0 Å². The first kappa shape index (κ1) is 30.8. The molecule has 226 valence electrons. The summed E-state index contributed by atoms with van der Waals surface area (Å²) in [5.41, 5.74) is 0.649. The monoisotopic (exact) mass is 595 g/mol. The topological polar surface area (TPSA) is 145 Å². The van der Waals surface area contributed by atoms with E-state index in [4.69, 9.17) is 29.8 Å². The van der Waals surface area contributed by atoms with Crippen LogP contribution >= 0.6 is 0 Å². The van der Waals surface area contributed by atoms with Crippen molar-refractivity contribution in [2.45, 2.75) is 24.2 Å². The minimum Gasteiger partial charge on any atom is -0.493 e. The third-order valence-electron chi connectivity index (χ3n) is 6.68. The molecule has 0 bridgehead atoms. The van der Waals surface area contributed by atoms with Gasteiger partial charge < -0.3 is 40.2 Å². The molecule has 0 aliphatic carbocycles. The fraction of sp³-hybridized carbons (Fsp3) is 0.357. The molecular formula is C28H29F4N3O7. The summed E-state index contributed by atoms with van der Waals surface area (Å²) < 4.78 is 78.7. The van der Waals surface area contributed by atoms with E-state index >= 15 is 0 Å². The minimum absolute atomic E-state index is 0.0190. The number of hydrogen-bond acceptors (Lipinski definition) is 9. The number of alkyl halides is 3. The van der Waals surface area contributed by atoms with E-state index in [1.165, 1.54) is 38.5 Å². The Morgan fingerprint density at radius 1 is 1.14 bits per heavy atom. The van der Waals surface area contributed by atoms with Gasteiger partial charge in [-0.15, -0.1) is 0 Å². The number of methoxy groups -OCH3 is 2. The Hall–Kier alpha value is -4.14. The highest BCUT2D eigenvalue weighted by atomic mass is 19.4. The SMILES string of the molecule is COc1cc(C(=O)NC[C@@](O)(c2cc3c(c(-c4ccc(F)cc4)n2)OC[C@@]3(C)N)C(F)(F)F)cc(OC)c1OCCO. The number of amides is 1. The van der Waals surface area contributed by atoms with Gasteiger partial charge >= 0.3 is 6.18 Å². The highest BCUT2D eigenvalue weighted by Crippen LogP contribution is 2.46. The Labute approximate surface area is 238 Å². The maximum absolute atomic E-state index is 14.6. The van der Waals surface area contributed by atoms with Crippen LogP contribution in [-0.4, -0.2) is 67.9 Å². The average molecular weight is 596 g/mol. The van der Waals surface area contributed by atoms with Crippen molar-refractivity contribution in [1.29, 1.82) is 0 Å². The largest absolute Gasteiger partial charge is 0.493 e. The van der Waals surface area contributed by atoms with E-state index in [1.54, 1.807) is 6.92 Å². The van der Waals surface area contributed by atoms with Gasteiger partial charge in [0.25, 0.3) is 5.91 Å². The van der Waals surface area contributed by atoms with Gasteiger partial charge in [-0.25, -0.2) is 9.37 Å². The number of hydrogen-bond donors (Lipinski definition) is 4. The molecule has 1 aromatic heterocycles. The number of aliphatic hydroxyl groups excluding tert-OH is 1. The normalized spacial score (nSPS) is 17.6. The van der Waals surface area contributed by atoms with E-state index in [1.807, 2.05) is 0 Å². The lowest BCUT2D eigenvalue weighted by molar-refractivity contribution is -0.265. The van der Waals surface area contributed by atoms with Gasteiger partial charge in [0.05, 0.1) is 38.6 Å². The van der Waals surface area contributed by atoms with Gasteiger partial charge in [0.2, 0.25) is 11.4 Å². The maximum atomic E-state index is 14.6. The predicted molar refractivity (Wildman–Crippen MR) is 141 cm³/mol. The van der Waals surface area contributed by atoms with Crippen molar-refractivity contribution >= 4 is 5.91 Å². The summed E-state index contributed by atoms with van der Waals surface area (Å²) in [6.45, 7) is -0.304. The number of rotatable bonds is 10. The number of nitrogens with one attached hydrogen (secondary N) is 1. The number of nitrogens with zero attached hydrogens (tertiary/aromatic N) is 1. The van der Waals surface area contributed by atoms with Crippen LogP contribution in [0.5, 0.6) is 23.0 Å². The molecule has 0 fully saturated rings. The van der Waals surface area contributed by atoms with Crippen molar-refractivity contribution in [3.63, 3.8) is 0 Å². The van der Waals surface area contributed by atoms with Gasteiger partial charge in [-0.3, -0.25) is 4.79 Å². The van der Waals surface area contributed by atoms with Crippen molar-refractivity contribution in [2.24, 2.45) is 5.73 Å². The molecule has 0 saturated carbocycles. The second-order valence-corrected chi connectivity index (χ2v) is 9.77. The molecule has 42 heavy (non-hydrogen) atoms. The number of carbonyl (C=O) groups is 1. The van der Waals surface area contributed by atoms with E-state index in [-0.39, 0.29) is 65.2 Å². The van der Waals surface area contributed by atoms with Crippen molar-refractivity contribution < 1.29 is 51.5 Å². The molecule has 0 spiro atoms. The molecule has 2 atom stereocenters. The standard InChI is InChI=1S/C28H29F4N3O7/c1-26(33)14-42-23-18(26)12-21(35-22(23)15-4-6-17(29)7-5-15)27(38,28(30,31)32)13-34-25(37)16-10-19(39-2)24(41-9-8-36)20(11-16)40-3/h4-7,10-12,36,38H,8-9,13-14,33H2,1-3H3,(H,34,37)/t26-,27-/m1/s1. The summed E-state index contributed by atoms with van der Waals surface area (Å²) in [6.07, 6.45) is -5.32. The number of halogens is 4. The van der Waals surface area contributed by atoms with Crippen LogP contribution in [0.1, 0.15) is 28.5 Å². The molecule has 2 heterocycles. The highest BCUT2D eigenvalue weighted by molar-refractivity contribution is 5.95. The van der Waals surface area contributed by atoms with Crippen LogP contribution in [0.15, 0.2) is 42.5 Å². The average Bonchev–Trinajstić information content (AvgIpc) is 3.27. The van der Waals surface area contributed by atoms with Crippen LogP contribution < -0.4 is 30.0 Å². The summed E-state index contributed by atoms with van der Waals surface area (Å²) in [6, 6.07) is 8.22. The van der Waals surface area contributed by atoms with E-state index < -0.39 is 41.3 Å². The van der Waals surface area contributed by atoms with Crippen LogP contribution in [0.4, 0.5) is 17.6 Å². The number of ether oxygens (including phenoxy) is 4. The summed E-state index contributed by atoms with van der Waals surface area (Å²) in [7, 11) is 2.55. The molecule has 5 N–H and O–H groups in total. The second-order valence-electron chi connectivity index (χ2n) is 9.77. The summed E-state index contributed by atoms with van der Waals surface area (Å²) in [4.78, 5) is 17.1. The van der Waals surface area contributed by atoms with Gasteiger partial charge in [-0.05, 0) is 49.4 Å². The minimum atomic E-state index is -5.32. The third-order valence-corrected chi connectivity index (χ3v) is 6.68. The molecule has 10 nitrogen and oxygen atoms in total. The zero-order valence-corrected chi connectivity index (χ0v) is 22.8. The van der Waals surface area contributed by atoms with Crippen molar-refractivity contribution in [3.8, 4) is 34.3 Å². The fourth-order valence-electron chi connectivity index (χ4n) is 4.37. The zero-order chi connectivity index (χ0) is 30.9. The van der Waals surface area contributed by atoms with E-state index in [9.17, 15) is 27.5 Å². The number of pyridine rings is 1. The number of fused-ring (bicyclic) bond motifs is 1. The van der Waals surface area contributed by atoms with Crippen LogP contribution in [0, 0.1) is 5.82 Å². The molecule has 1 aliphatic rings. The molecule has 0 radical (unpaired) electrons. The quantitative estimate of drug-likeness (QED) is 0.260. The van der Waals surface area contributed by atoms with E-state index in [2.05, 4.69) is 10.3 Å². The van der Waals surface area contributed by atoms with Crippen molar-refractivity contribution in [2.75, 3.05) is 40.6 Å². The number of aromatic nitrogens is 1. The number of carbonyl (C=O) groups excluding carboxylic acids is 1. The predicted octanol–water partition coefficient (Wildman–Crippen LogP) is 3.02. The van der Waals surface area contributed by atoms with Crippen LogP contribution in [-0.2, 0) is 11.1 Å². The van der Waals surface area contributed by atoms with Crippen LogP contribution in [0.2, 0.25) is 0 Å². The summed E-state index contributed by atoms with van der Waals surface area (Å²) in [5, 5.41) is 22.3. The Balaban J connectivity index is 1.74. The van der Waals surface area contributed by atoms with Gasteiger partial charge in [-0.1, -0.05) is 0 Å². The molecule has 4 rings (SSSR count). The van der Waals surface area contributed by atoms with Crippen molar-refractivity contribution in [1.82, 2.24) is 10.3 Å². The lowest BCUT2D eigenvalue weighted by Crippen LogP contribution is -2.51. The first-order chi connectivity index (χ1) is 19.8. The zero-order valence-electron chi connectivity index (χ0n) is 22.8. The lowest BCUT2D eigenvalue weighted by Gasteiger charge is -2.31. The number of aliphatic hydroxyl groups is 2. The summed E-state index contributed by atoms with van der Waals surface area (Å²) in [5.74, 6) is -1.37. The van der Waals surface area contributed by atoms with Crippen molar-refractivity contribution in [3.05, 3.63) is 65.1 Å². The van der Waals surface area contributed by atoms with E-state index in [0.717, 1.165) is 18.2 Å². The lowest BCUT2D eigenvalue weighted by atomic mass is 9.89. The summed E-state index contributed by atoms with van der Waals surface area (Å²) >= 11 is 0.